The molecule has 1 aromatic carbocycles. The molecule has 18 heavy (non-hydrogen) atoms. The number of rotatable bonds is 4. The monoisotopic (exact) mass is 313 g/mol. The van der Waals surface area contributed by atoms with Crippen LogP contribution >= 0.6 is 15.9 Å². The Labute approximate surface area is 114 Å². The van der Waals surface area contributed by atoms with E-state index in [0.717, 1.165) is 4.47 Å². The minimum absolute atomic E-state index is 0.0183. The fourth-order valence-electron chi connectivity index (χ4n) is 1.31. The molecule has 0 atom stereocenters. The molecule has 0 aliphatic carbocycles. The third-order valence-electron chi connectivity index (χ3n) is 2.48. The zero-order valence-electron chi connectivity index (χ0n) is 10.4. The van der Waals surface area contributed by atoms with Crippen LogP contribution in [0.2, 0.25) is 0 Å². The van der Waals surface area contributed by atoms with Gasteiger partial charge in [0.1, 0.15) is 0 Å². The van der Waals surface area contributed by atoms with E-state index in [4.69, 9.17) is 5.73 Å². The quantitative estimate of drug-likeness (QED) is 0.821. The molecule has 0 heterocycles. The van der Waals surface area contributed by atoms with Gasteiger partial charge in [-0.25, -0.2) is 0 Å². The number of nitrogens with one attached hydrogen (secondary N) is 1. The maximum Gasteiger partial charge on any atom is 0.251 e. The number of nitrogens with two attached hydrogens (primary N) is 1. The molecule has 0 aliphatic rings. The molecule has 6 heteroatoms. The lowest BCUT2D eigenvalue weighted by molar-refractivity contribution is -0.128. The topological polar surface area (TPSA) is 75.4 Å². The second-order valence-electron chi connectivity index (χ2n) is 3.86. The molecule has 2 amide bonds. The normalized spacial score (nSPS) is 9.94. The number of carbonyl (C=O) groups is 2. The molecule has 0 bridgehead atoms. The number of amides is 2. The van der Waals surface area contributed by atoms with Gasteiger partial charge in [-0.3, -0.25) is 9.59 Å². The van der Waals surface area contributed by atoms with E-state index in [2.05, 4.69) is 21.2 Å². The number of anilines is 1. The van der Waals surface area contributed by atoms with Crippen LogP contribution in [0, 0.1) is 0 Å². The van der Waals surface area contributed by atoms with Crippen molar-refractivity contribution in [3.8, 4) is 0 Å². The number of likely N-dealkylation sites (N-methyl/N-ethyl adjacent to an activating group) is 1. The van der Waals surface area contributed by atoms with E-state index < -0.39 is 0 Å². The maximum absolute atomic E-state index is 11.8. The second kappa shape index (κ2) is 6.39. The molecule has 1 rings (SSSR count). The first kappa shape index (κ1) is 14.5. The number of nitrogens with zero attached hydrogens (tertiary/aromatic N) is 1. The van der Waals surface area contributed by atoms with Gasteiger partial charge in [-0.05, 0) is 25.1 Å². The summed E-state index contributed by atoms with van der Waals surface area (Å²) in [6.45, 7) is 2.46. The molecule has 0 fully saturated rings. The number of benzene rings is 1. The van der Waals surface area contributed by atoms with Crippen LogP contribution < -0.4 is 11.1 Å². The predicted octanol–water partition coefficient (Wildman–Crippen LogP) is 1.24. The second-order valence-corrected chi connectivity index (χ2v) is 4.78. The van der Waals surface area contributed by atoms with Crippen LogP contribution in [0.15, 0.2) is 22.7 Å². The van der Waals surface area contributed by atoms with Crippen molar-refractivity contribution in [3.63, 3.8) is 0 Å². The van der Waals surface area contributed by atoms with Gasteiger partial charge in [-0.1, -0.05) is 15.9 Å². The van der Waals surface area contributed by atoms with Gasteiger partial charge < -0.3 is 16.0 Å². The van der Waals surface area contributed by atoms with E-state index in [-0.39, 0.29) is 18.4 Å². The van der Waals surface area contributed by atoms with Crippen LogP contribution in [0.3, 0.4) is 0 Å². The molecule has 0 saturated carbocycles. The van der Waals surface area contributed by atoms with E-state index in [1.54, 1.807) is 25.2 Å². The number of carbonyl (C=O) groups excluding carboxylic acids is 2. The van der Waals surface area contributed by atoms with Crippen molar-refractivity contribution in [1.29, 1.82) is 0 Å². The average Bonchev–Trinajstić information content (AvgIpc) is 2.33. The first-order valence-electron chi connectivity index (χ1n) is 5.52. The first-order chi connectivity index (χ1) is 8.43. The van der Waals surface area contributed by atoms with Crippen LogP contribution in [-0.4, -0.2) is 36.9 Å². The molecule has 0 aromatic heterocycles. The highest BCUT2D eigenvalue weighted by atomic mass is 79.9. The van der Waals surface area contributed by atoms with Crippen molar-refractivity contribution in [2.45, 2.75) is 6.92 Å². The first-order valence-corrected chi connectivity index (χ1v) is 6.31. The SMILES string of the molecule is CCN(C)C(=O)CNC(=O)c1cc(N)cc(Br)c1. The molecular weight excluding hydrogens is 298 g/mol. The summed E-state index contributed by atoms with van der Waals surface area (Å²) in [4.78, 5) is 24.9. The molecule has 0 saturated heterocycles. The van der Waals surface area contributed by atoms with Gasteiger partial charge in [0.2, 0.25) is 5.91 Å². The van der Waals surface area contributed by atoms with Gasteiger partial charge >= 0.3 is 0 Å². The molecule has 1 aromatic rings. The fourth-order valence-corrected chi connectivity index (χ4v) is 1.82. The van der Waals surface area contributed by atoms with Crippen molar-refractivity contribution in [2.24, 2.45) is 0 Å². The number of nitrogen functional groups attached to an aromatic ring is 1. The summed E-state index contributed by atoms with van der Waals surface area (Å²) in [6.07, 6.45) is 0. The molecular formula is C12H16BrN3O2. The highest BCUT2D eigenvalue weighted by molar-refractivity contribution is 9.10. The zero-order valence-corrected chi connectivity index (χ0v) is 12.0. The van der Waals surface area contributed by atoms with Crippen molar-refractivity contribution in [1.82, 2.24) is 10.2 Å². The Morgan fingerprint density at radius 2 is 2.06 bits per heavy atom. The molecule has 0 unspecified atom stereocenters. The predicted molar refractivity (Wildman–Crippen MR) is 74.2 cm³/mol. The summed E-state index contributed by atoms with van der Waals surface area (Å²) in [5, 5.41) is 2.56. The Bertz CT molecular complexity index is 442. The van der Waals surface area contributed by atoms with Gasteiger partial charge in [0.15, 0.2) is 0 Å². The lowest BCUT2D eigenvalue weighted by Gasteiger charge is -2.14. The van der Waals surface area contributed by atoms with Gasteiger partial charge in [0.25, 0.3) is 5.91 Å². The minimum atomic E-state index is -0.319. The van der Waals surface area contributed by atoms with Crippen LogP contribution in [0.4, 0.5) is 5.69 Å². The van der Waals surface area contributed by atoms with Crippen LogP contribution in [0.25, 0.3) is 0 Å². The average molecular weight is 314 g/mol. The third-order valence-corrected chi connectivity index (χ3v) is 2.94. The Morgan fingerprint density at radius 3 is 2.61 bits per heavy atom. The lowest BCUT2D eigenvalue weighted by Crippen LogP contribution is -2.38. The zero-order chi connectivity index (χ0) is 13.7. The Morgan fingerprint density at radius 1 is 1.39 bits per heavy atom. The van der Waals surface area contributed by atoms with Crippen molar-refractivity contribution in [2.75, 3.05) is 25.9 Å². The van der Waals surface area contributed by atoms with Crippen molar-refractivity contribution in [3.05, 3.63) is 28.2 Å². The minimum Gasteiger partial charge on any atom is -0.399 e. The summed E-state index contributed by atoms with van der Waals surface area (Å²) < 4.78 is 0.727. The highest BCUT2D eigenvalue weighted by Gasteiger charge is 2.11. The van der Waals surface area contributed by atoms with E-state index in [1.807, 2.05) is 6.92 Å². The summed E-state index contributed by atoms with van der Waals surface area (Å²) >= 11 is 3.26. The summed E-state index contributed by atoms with van der Waals surface area (Å²) in [5.74, 6) is -0.449. The van der Waals surface area contributed by atoms with E-state index >= 15 is 0 Å². The van der Waals surface area contributed by atoms with Crippen molar-refractivity contribution < 1.29 is 9.59 Å². The standard InChI is InChI=1S/C12H16BrN3O2/c1-3-16(2)11(17)7-15-12(18)8-4-9(13)6-10(14)5-8/h4-6H,3,7,14H2,1-2H3,(H,15,18). The summed E-state index contributed by atoms with van der Waals surface area (Å²) in [6, 6.07) is 4.92. The Kier molecular flexibility index (Phi) is 5.15. The van der Waals surface area contributed by atoms with Gasteiger partial charge in [-0.2, -0.15) is 0 Å². The largest absolute Gasteiger partial charge is 0.399 e. The maximum atomic E-state index is 11.8. The molecule has 5 nitrogen and oxygen atoms in total. The van der Waals surface area contributed by atoms with Crippen molar-refractivity contribution >= 4 is 33.4 Å². The number of hydrogen-bond donors (Lipinski definition) is 2. The van der Waals surface area contributed by atoms with Crippen LogP contribution in [-0.2, 0) is 4.79 Å². The highest BCUT2D eigenvalue weighted by Crippen LogP contribution is 2.17. The summed E-state index contributed by atoms with van der Waals surface area (Å²) in [5.41, 5.74) is 6.55. The third kappa shape index (κ3) is 4.03. The van der Waals surface area contributed by atoms with E-state index in [9.17, 15) is 9.59 Å². The smallest absolute Gasteiger partial charge is 0.251 e. The van der Waals surface area contributed by atoms with Crippen LogP contribution in [0.5, 0.6) is 0 Å². The van der Waals surface area contributed by atoms with Gasteiger partial charge in [-0.15, -0.1) is 0 Å². The van der Waals surface area contributed by atoms with Crippen LogP contribution in [0.1, 0.15) is 17.3 Å². The van der Waals surface area contributed by atoms with E-state index in [0.29, 0.717) is 17.8 Å². The summed E-state index contributed by atoms with van der Waals surface area (Å²) in [7, 11) is 1.69. The molecule has 3 N–H and O–H groups in total. The number of hydrogen-bond acceptors (Lipinski definition) is 3. The molecule has 0 radical (unpaired) electrons. The van der Waals surface area contributed by atoms with Gasteiger partial charge in [0.05, 0.1) is 6.54 Å². The Hall–Kier alpha value is -1.56. The molecule has 98 valence electrons. The van der Waals surface area contributed by atoms with Gasteiger partial charge in [0, 0.05) is 29.3 Å². The Balaban J connectivity index is 2.63. The number of halogens is 1. The fraction of sp³-hybridized carbons (Fsp3) is 0.333. The van der Waals surface area contributed by atoms with E-state index in [1.165, 1.54) is 4.90 Å². The molecule has 0 spiro atoms. The molecule has 0 aliphatic heterocycles. The lowest BCUT2D eigenvalue weighted by atomic mass is 10.2.